The number of nitrogen functional groups attached to an aromatic ring is 1. The number of likely N-dealkylation sites (N-methyl/N-ethyl adjacent to an activating group) is 2. The van der Waals surface area contributed by atoms with E-state index in [9.17, 15) is 0 Å². The molecule has 3 N–H and O–H groups in total. The summed E-state index contributed by atoms with van der Waals surface area (Å²) in [6.45, 7) is 4.14. The maximum absolute atomic E-state index is 8.96. The van der Waals surface area contributed by atoms with Crippen LogP contribution < -0.4 is 11.1 Å². The Labute approximate surface area is 114 Å². The van der Waals surface area contributed by atoms with Crippen LogP contribution in [0, 0.1) is 11.3 Å². The number of nitrogens with zero attached hydrogens (tertiary/aromatic N) is 3. The van der Waals surface area contributed by atoms with Gasteiger partial charge < -0.3 is 16.0 Å². The minimum Gasteiger partial charge on any atom is -0.398 e. The predicted molar refractivity (Wildman–Crippen MR) is 78.0 cm³/mol. The van der Waals surface area contributed by atoms with Crippen LogP contribution in [0.25, 0.3) is 0 Å². The van der Waals surface area contributed by atoms with Gasteiger partial charge >= 0.3 is 0 Å². The normalized spacial score (nSPS) is 21.0. The predicted octanol–water partition coefficient (Wildman–Crippen LogP) is 0.798. The molecule has 1 unspecified atom stereocenters. The van der Waals surface area contributed by atoms with Crippen LogP contribution in [0.15, 0.2) is 18.2 Å². The van der Waals surface area contributed by atoms with Gasteiger partial charge in [0.2, 0.25) is 0 Å². The third-order valence-electron chi connectivity index (χ3n) is 3.70. The molecular formula is C14H21N5. The summed E-state index contributed by atoms with van der Waals surface area (Å²) in [7, 11) is 4.31. The molecular weight excluding hydrogens is 238 g/mol. The Bertz CT molecular complexity index is 479. The fourth-order valence-electron chi connectivity index (χ4n) is 2.32. The summed E-state index contributed by atoms with van der Waals surface area (Å²) in [4.78, 5) is 4.71. The Morgan fingerprint density at radius 2 is 2.21 bits per heavy atom. The van der Waals surface area contributed by atoms with Crippen LogP contribution in [0.5, 0.6) is 0 Å². The lowest BCUT2D eigenvalue weighted by Gasteiger charge is -2.37. The van der Waals surface area contributed by atoms with Gasteiger partial charge in [0.05, 0.1) is 5.56 Å². The molecule has 0 radical (unpaired) electrons. The second-order valence-electron chi connectivity index (χ2n) is 5.19. The first-order valence-electron chi connectivity index (χ1n) is 6.52. The molecule has 19 heavy (non-hydrogen) atoms. The first-order valence-corrected chi connectivity index (χ1v) is 6.52. The van der Waals surface area contributed by atoms with E-state index in [-0.39, 0.29) is 0 Å². The number of piperazine rings is 1. The molecule has 0 amide bonds. The van der Waals surface area contributed by atoms with Crippen molar-refractivity contribution in [2.24, 2.45) is 0 Å². The molecule has 0 bridgehead atoms. The summed E-state index contributed by atoms with van der Waals surface area (Å²) < 4.78 is 0. The van der Waals surface area contributed by atoms with E-state index in [0.29, 0.717) is 17.3 Å². The van der Waals surface area contributed by atoms with Gasteiger partial charge in [-0.15, -0.1) is 0 Å². The van der Waals surface area contributed by atoms with E-state index in [0.717, 1.165) is 31.9 Å². The number of hydrogen-bond acceptors (Lipinski definition) is 5. The molecule has 0 aromatic heterocycles. The molecule has 2 rings (SSSR count). The number of nitriles is 1. The lowest BCUT2D eigenvalue weighted by molar-refractivity contribution is 0.122. The quantitative estimate of drug-likeness (QED) is 0.786. The smallest absolute Gasteiger partial charge is 0.101 e. The van der Waals surface area contributed by atoms with E-state index in [4.69, 9.17) is 11.0 Å². The molecule has 1 saturated heterocycles. The van der Waals surface area contributed by atoms with Crippen LogP contribution in [-0.4, -0.2) is 56.1 Å². The highest BCUT2D eigenvalue weighted by Crippen LogP contribution is 2.17. The Hall–Kier alpha value is -1.77. The van der Waals surface area contributed by atoms with Gasteiger partial charge in [0.15, 0.2) is 0 Å². The van der Waals surface area contributed by atoms with Gasteiger partial charge in [-0.3, -0.25) is 4.90 Å². The number of nitrogens with two attached hydrogens (primary N) is 1. The van der Waals surface area contributed by atoms with Crippen molar-refractivity contribution in [1.82, 2.24) is 9.80 Å². The first-order chi connectivity index (χ1) is 9.10. The van der Waals surface area contributed by atoms with Gasteiger partial charge in [-0.25, -0.2) is 0 Å². The maximum Gasteiger partial charge on any atom is 0.101 e. The molecule has 5 nitrogen and oxygen atoms in total. The van der Waals surface area contributed by atoms with Crippen molar-refractivity contribution in [3.05, 3.63) is 23.8 Å². The van der Waals surface area contributed by atoms with E-state index in [1.807, 2.05) is 12.1 Å². The lowest BCUT2D eigenvalue weighted by Crippen LogP contribution is -2.52. The zero-order chi connectivity index (χ0) is 13.8. The fraction of sp³-hybridized carbons (Fsp3) is 0.500. The third-order valence-corrected chi connectivity index (χ3v) is 3.70. The molecule has 1 aliphatic rings. The lowest BCUT2D eigenvalue weighted by atomic mass is 10.1. The van der Waals surface area contributed by atoms with Crippen LogP contribution in [-0.2, 0) is 0 Å². The fourth-order valence-corrected chi connectivity index (χ4v) is 2.32. The molecule has 0 spiro atoms. The number of hydrogen-bond donors (Lipinski definition) is 2. The van der Waals surface area contributed by atoms with Crippen molar-refractivity contribution in [3.8, 4) is 6.07 Å². The molecule has 1 atom stereocenters. The summed E-state index contributed by atoms with van der Waals surface area (Å²) in [6, 6.07) is 8.10. The Morgan fingerprint density at radius 1 is 1.42 bits per heavy atom. The van der Waals surface area contributed by atoms with Crippen molar-refractivity contribution in [1.29, 1.82) is 5.26 Å². The highest BCUT2D eigenvalue weighted by molar-refractivity contribution is 5.61. The third kappa shape index (κ3) is 3.37. The van der Waals surface area contributed by atoms with Gasteiger partial charge in [-0.2, -0.15) is 5.26 Å². The summed E-state index contributed by atoms with van der Waals surface area (Å²) >= 11 is 0. The Balaban J connectivity index is 1.96. The topological polar surface area (TPSA) is 68.3 Å². The highest BCUT2D eigenvalue weighted by Gasteiger charge is 2.21. The maximum atomic E-state index is 8.96. The van der Waals surface area contributed by atoms with Crippen LogP contribution in [0.3, 0.4) is 0 Å². The van der Waals surface area contributed by atoms with Crippen molar-refractivity contribution in [3.63, 3.8) is 0 Å². The molecule has 1 aromatic carbocycles. The minimum atomic E-state index is 0.488. The summed E-state index contributed by atoms with van der Waals surface area (Å²) in [6.07, 6.45) is 0. The van der Waals surface area contributed by atoms with Crippen LogP contribution in [0.2, 0.25) is 0 Å². The van der Waals surface area contributed by atoms with E-state index in [1.165, 1.54) is 0 Å². The molecule has 102 valence electrons. The number of anilines is 2. The van der Waals surface area contributed by atoms with Crippen LogP contribution >= 0.6 is 0 Å². The van der Waals surface area contributed by atoms with Crippen LogP contribution in [0.1, 0.15) is 5.56 Å². The Morgan fingerprint density at radius 3 is 2.95 bits per heavy atom. The highest BCUT2D eigenvalue weighted by atomic mass is 15.3. The van der Waals surface area contributed by atoms with E-state index in [2.05, 4.69) is 35.3 Å². The molecule has 0 aliphatic carbocycles. The minimum absolute atomic E-state index is 0.488. The number of nitrogens with one attached hydrogen (secondary N) is 1. The zero-order valence-electron chi connectivity index (χ0n) is 11.6. The standard InChI is InChI=1S/C14H21N5/c1-18-5-6-19(2)13(10-18)9-17-12-3-4-14(16)11(7-12)8-15/h3-4,7,13,17H,5-6,9-10,16H2,1-2H3. The van der Waals surface area contributed by atoms with Gasteiger partial charge in [0, 0.05) is 43.6 Å². The molecule has 5 heteroatoms. The number of benzene rings is 1. The largest absolute Gasteiger partial charge is 0.398 e. The van der Waals surface area contributed by atoms with Crippen LogP contribution in [0.4, 0.5) is 11.4 Å². The van der Waals surface area contributed by atoms with E-state index >= 15 is 0 Å². The summed E-state index contributed by atoms with van der Waals surface area (Å²) in [5.74, 6) is 0. The van der Waals surface area contributed by atoms with Crippen molar-refractivity contribution in [2.75, 3.05) is 51.3 Å². The van der Waals surface area contributed by atoms with Crippen molar-refractivity contribution in [2.45, 2.75) is 6.04 Å². The second kappa shape index (κ2) is 5.91. The van der Waals surface area contributed by atoms with Crippen molar-refractivity contribution < 1.29 is 0 Å². The summed E-state index contributed by atoms with van der Waals surface area (Å²) in [5, 5.41) is 12.4. The van der Waals surface area contributed by atoms with Gasteiger partial charge in [-0.1, -0.05) is 0 Å². The van der Waals surface area contributed by atoms with E-state index in [1.54, 1.807) is 6.07 Å². The van der Waals surface area contributed by atoms with Crippen molar-refractivity contribution >= 4 is 11.4 Å². The first kappa shape index (κ1) is 13.7. The molecule has 0 saturated carbocycles. The SMILES string of the molecule is CN1CCN(C)C(CNc2ccc(N)c(C#N)c2)C1. The second-order valence-corrected chi connectivity index (χ2v) is 5.19. The average molecular weight is 259 g/mol. The monoisotopic (exact) mass is 259 g/mol. The number of rotatable bonds is 3. The van der Waals surface area contributed by atoms with Gasteiger partial charge in [-0.05, 0) is 32.3 Å². The van der Waals surface area contributed by atoms with E-state index < -0.39 is 0 Å². The molecule has 1 fully saturated rings. The van der Waals surface area contributed by atoms with Gasteiger partial charge in [0.25, 0.3) is 0 Å². The molecule has 1 aromatic rings. The Kier molecular flexibility index (Phi) is 4.25. The molecule has 1 aliphatic heterocycles. The molecule has 1 heterocycles. The van der Waals surface area contributed by atoms with Gasteiger partial charge in [0.1, 0.15) is 6.07 Å². The average Bonchev–Trinajstić information content (AvgIpc) is 2.41. The summed E-state index contributed by atoms with van der Waals surface area (Å²) in [5.41, 5.74) is 7.72. The zero-order valence-corrected chi connectivity index (χ0v) is 11.6.